The smallest absolute Gasteiger partial charge is 0.165 e. The highest BCUT2D eigenvalue weighted by molar-refractivity contribution is 6.32. The molecule has 0 bridgehead atoms. The zero-order valence-corrected chi connectivity index (χ0v) is 13.0. The lowest BCUT2D eigenvalue weighted by Crippen LogP contribution is -2.28. The number of phenolic OH excluding ortho intramolecular Hbond substituents is 1. The summed E-state index contributed by atoms with van der Waals surface area (Å²) in [5.41, 5.74) is 6.30. The van der Waals surface area contributed by atoms with Gasteiger partial charge in [-0.25, -0.2) is 9.97 Å². The highest BCUT2D eigenvalue weighted by Crippen LogP contribution is 2.31. The Kier molecular flexibility index (Phi) is 5.22. The van der Waals surface area contributed by atoms with Gasteiger partial charge in [-0.05, 0) is 24.6 Å². The van der Waals surface area contributed by atoms with Gasteiger partial charge in [0.2, 0.25) is 0 Å². The average Bonchev–Trinajstić information content (AvgIpc) is 2.48. The third-order valence-corrected chi connectivity index (χ3v) is 3.51. The first-order chi connectivity index (χ1) is 10.0. The van der Waals surface area contributed by atoms with Crippen LogP contribution in [-0.2, 0) is 0 Å². The van der Waals surface area contributed by atoms with Crippen molar-refractivity contribution in [2.24, 2.45) is 5.73 Å². The number of nitrogens with zero attached hydrogens (tertiary/aromatic N) is 2. The van der Waals surface area contributed by atoms with Crippen LogP contribution >= 0.6 is 23.2 Å². The van der Waals surface area contributed by atoms with Crippen LogP contribution in [0.2, 0.25) is 10.0 Å². The summed E-state index contributed by atoms with van der Waals surface area (Å²) >= 11 is 12.0. The molecule has 4 N–H and O–H groups in total. The van der Waals surface area contributed by atoms with E-state index in [0.717, 1.165) is 6.42 Å². The molecule has 0 aliphatic rings. The van der Waals surface area contributed by atoms with Crippen molar-refractivity contribution < 1.29 is 5.11 Å². The lowest BCUT2D eigenvalue weighted by molar-refractivity contribution is 0.477. The molecular weight excluding hydrogens is 311 g/mol. The molecule has 1 atom stereocenters. The number of anilines is 1. The number of halogens is 2. The van der Waals surface area contributed by atoms with E-state index in [0.29, 0.717) is 33.8 Å². The first-order valence-corrected chi connectivity index (χ1v) is 7.27. The van der Waals surface area contributed by atoms with E-state index < -0.39 is 0 Å². The molecule has 1 heterocycles. The van der Waals surface area contributed by atoms with E-state index in [-0.39, 0.29) is 11.8 Å². The van der Waals surface area contributed by atoms with E-state index in [1.165, 1.54) is 12.3 Å². The number of benzene rings is 1. The molecule has 1 aromatic heterocycles. The second-order valence-electron chi connectivity index (χ2n) is 4.60. The van der Waals surface area contributed by atoms with Gasteiger partial charge in [0.05, 0.1) is 11.8 Å². The van der Waals surface area contributed by atoms with E-state index in [1.54, 1.807) is 12.1 Å². The number of phenols is 1. The van der Waals surface area contributed by atoms with Crippen LogP contribution in [0.5, 0.6) is 5.75 Å². The van der Waals surface area contributed by atoms with Gasteiger partial charge in [-0.2, -0.15) is 0 Å². The molecule has 0 aliphatic heterocycles. The molecule has 0 saturated carbocycles. The SMILES string of the molecule is CC[C@@H](N)CNc1nc(-c2cc(Cl)ccc2O)ncc1Cl. The van der Waals surface area contributed by atoms with E-state index in [2.05, 4.69) is 15.3 Å². The van der Waals surface area contributed by atoms with Crippen molar-refractivity contribution in [3.05, 3.63) is 34.4 Å². The normalized spacial score (nSPS) is 12.2. The molecule has 0 radical (unpaired) electrons. The van der Waals surface area contributed by atoms with Gasteiger partial charge in [-0.15, -0.1) is 0 Å². The minimum Gasteiger partial charge on any atom is -0.507 e. The fraction of sp³-hybridized carbons (Fsp3) is 0.286. The monoisotopic (exact) mass is 326 g/mol. The van der Waals surface area contributed by atoms with Crippen molar-refractivity contribution in [3.63, 3.8) is 0 Å². The minimum atomic E-state index is 0.0130. The molecule has 1 aromatic carbocycles. The summed E-state index contributed by atoms with van der Waals surface area (Å²) in [6.07, 6.45) is 2.32. The zero-order valence-electron chi connectivity index (χ0n) is 11.5. The quantitative estimate of drug-likeness (QED) is 0.785. The number of hydrogen-bond acceptors (Lipinski definition) is 5. The molecule has 5 nitrogen and oxygen atoms in total. The molecule has 112 valence electrons. The Bertz CT molecular complexity index is 636. The Hall–Kier alpha value is -1.56. The van der Waals surface area contributed by atoms with Crippen LogP contribution in [0.15, 0.2) is 24.4 Å². The Labute approximate surface area is 133 Å². The van der Waals surface area contributed by atoms with Crippen molar-refractivity contribution in [2.75, 3.05) is 11.9 Å². The van der Waals surface area contributed by atoms with Gasteiger partial charge in [0.25, 0.3) is 0 Å². The molecule has 2 aromatic rings. The predicted molar refractivity (Wildman–Crippen MR) is 85.9 cm³/mol. The molecule has 0 aliphatic carbocycles. The van der Waals surface area contributed by atoms with E-state index in [4.69, 9.17) is 28.9 Å². The van der Waals surface area contributed by atoms with Crippen LogP contribution in [-0.4, -0.2) is 27.7 Å². The van der Waals surface area contributed by atoms with Crippen molar-refractivity contribution in [2.45, 2.75) is 19.4 Å². The third kappa shape index (κ3) is 3.97. The van der Waals surface area contributed by atoms with E-state index in [9.17, 15) is 5.11 Å². The summed E-state index contributed by atoms with van der Waals surface area (Å²) < 4.78 is 0. The lowest BCUT2D eigenvalue weighted by atomic mass is 10.2. The minimum absolute atomic E-state index is 0.0130. The van der Waals surface area contributed by atoms with Crippen molar-refractivity contribution in [1.82, 2.24) is 9.97 Å². The van der Waals surface area contributed by atoms with Gasteiger partial charge in [-0.1, -0.05) is 30.1 Å². The van der Waals surface area contributed by atoms with Crippen LogP contribution in [0.3, 0.4) is 0 Å². The number of hydrogen-bond donors (Lipinski definition) is 3. The maximum absolute atomic E-state index is 9.89. The van der Waals surface area contributed by atoms with Gasteiger partial charge >= 0.3 is 0 Å². The number of nitrogens with one attached hydrogen (secondary N) is 1. The topological polar surface area (TPSA) is 84.1 Å². The fourth-order valence-electron chi connectivity index (χ4n) is 1.68. The number of nitrogens with two attached hydrogens (primary N) is 1. The van der Waals surface area contributed by atoms with Crippen molar-refractivity contribution in [1.29, 1.82) is 0 Å². The number of aromatic hydroxyl groups is 1. The van der Waals surface area contributed by atoms with Crippen LogP contribution < -0.4 is 11.1 Å². The van der Waals surface area contributed by atoms with Crippen LogP contribution in [0.1, 0.15) is 13.3 Å². The summed E-state index contributed by atoms with van der Waals surface area (Å²) in [7, 11) is 0. The summed E-state index contributed by atoms with van der Waals surface area (Å²) in [5.74, 6) is 0.870. The maximum Gasteiger partial charge on any atom is 0.165 e. The standard InChI is InChI=1S/C14H16Cl2N4O/c1-2-9(17)6-18-14-11(16)7-19-13(20-14)10-5-8(15)3-4-12(10)21/h3-5,7,9,21H,2,6,17H2,1H3,(H,18,19,20)/t9-/m1/s1. The molecule has 21 heavy (non-hydrogen) atoms. The lowest BCUT2D eigenvalue weighted by Gasteiger charge is -2.13. The molecule has 7 heteroatoms. The van der Waals surface area contributed by atoms with Gasteiger partial charge in [0.1, 0.15) is 16.6 Å². The van der Waals surface area contributed by atoms with Gasteiger partial charge < -0.3 is 16.2 Å². The van der Waals surface area contributed by atoms with Gasteiger partial charge in [-0.3, -0.25) is 0 Å². The summed E-state index contributed by atoms with van der Waals surface area (Å²) in [4.78, 5) is 8.45. The zero-order chi connectivity index (χ0) is 15.4. The van der Waals surface area contributed by atoms with Gasteiger partial charge in [0, 0.05) is 17.6 Å². The summed E-state index contributed by atoms with van der Waals surface area (Å²) in [5, 5.41) is 13.9. The molecule has 0 spiro atoms. The largest absolute Gasteiger partial charge is 0.507 e. The number of aromatic nitrogens is 2. The predicted octanol–water partition coefficient (Wildman–Crippen LogP) is 3.31. The summed E-state index contributed by atoms with van der Waals surface area (Å²) in [6.45, 7) is 2.55. The fourth-order valence-corrected chi connectivity index (χ4v) is 2.01. The Morgan fingerprint density at radius 1 is 1.38 bits per heavy atom. The Balaban J connectivity index is 2.31. The van der Waals surface area contributed by atoms with Crippen LogP contribution in [0, 0.1) is 0 Å². The second kappa shape index (κ2) is 6.93. The highest BCUT2D eigenvalue weighted by Gasteiger charge is 2.12. The first-order valence-electron chi connectivity index (χ1n) is 6.52. The van der Waals surface area contributed by atoms with Gasteiger partial charge in [0.15, 0.2) is 5.82 Å². The molecule has 0 fully saturated rings. The van der Waals surface area contributed by atoms with Crippen molar-refractivity contribution >= 4 is 29.0 Å². The van der Waals surface area contributed by atoms with E-state index >= 15 is 0 Å². The molecule has 0 saturated heterocycles. The average molecular weight is 327 g/mol. The molecule has 0 unspecified atom stereocenters. The highest BCUT2D eigenvalue weighted by atomic mass is 35.5. The molecule has 2 rings (SSSR count). The second-order valence-corrected chi connectivity index (χ2v) is 5.44. The van der Waals surface area contributed by atoms with E-state index in [1.807, 2.05) is 6.92 Å². The Morgan fingerprint density at radius 3 is 2.86 bits per heavy atom. The van der Waals surface area contributed by atoms with Crippen LogP contribution in [0.4, 0.5) is 5.82 Å². The number of rotatable bonds is 5. The third-order valence-electron chi connectivity index (χ3n) is 3.00. The first kappa shape index (κ1) is 15.8. The Morgan fingerprint density at radius 2 is 2.14 bits per heavy atom. The molecule has 0 amide bonds. The summed E-state index contributed by atoms with van der Waals surface area (Å²) in [6, 6.07) is 4.70. The molecular formula is C14H16Cl2N4O. The maximum atomic E-state index is 9.89. The van der Waals surface area contributed by atoms with Crippen molar-refractivity contribution in [3.8, 4) is 17.1 Å². The van der Waals surface area contributed by atoms with Crippen LogP contribution in [0.25, 0.3) is 11.4 Å².